The molecule has 1 aliphatic carbocycles. The number of hydrogen-bond donors (Lipinski definition) is 0. The van der Waals surface area contributed by atoms with Gasteiger partial charge in [-0.25, -0.2) is 0 Å². The lowest BCUT2D eigenvalue weighted by Gasteiger charge is -2.33. The molecule has 3 rings (SSSR count). The maximum Gasteiger partial charge on any atom is 0.233 e. The van der Waals surface area contributed by atoms with Crippen LogP contribution < -0.4 is 4.90 Å². The second-order valence-electron chi connectivity index (χ2n) is 7.33. The molecule has 0 atom stereocenters. The summed E-state index contributed by atoms with van der Waals surface area (Å²) in [6.07, 6.45) is 4.70. The molecule has 2 fully saturated rings. The Morgan fingerprint density at radius 3 is 2.58 bits per heavy atom. The molecule has 0 spiro atoms. The van der Waals surface area contributed by atoms with E-state index in [9.17, 15) is 4.79 Å². The van der Waals surface area contributed by atoms with E-state index in [1.165, 1.54) is 24.6 Å². The van der Waals surface area contributed by atoms with Gasteiger partial charge in [0.1, 0.15) is 0 Å². The van der Waals surface area contributed by atoms with Gasteiger partial charge in [-0.3, -0.25) is 9.36 Å². The van der Waals surface area contributed by atoms with Crippen LogP contribution in [-0.4, -0.2) is 70.7 Å². The standard InChI is InChI=1S/C18H31N5O2S/c1-4-23-17(22-9-11-25-12-10-22)19-20-18(23)26-13-16(24)21(3)15-7-5-14(2)6-8-15/h14-15H,4-13H2,1-3H3. The van der Waals surface area contributed by atoms with Gasteiger partial charge >= 0.3 is 0 Å². The van der Waals surface area contributed by atoms with E-state index < -0.39 is 0 Å². The van der Waals surface area contributed by atoms with Gasteiger partial charge in [0, 0.05) is 32.7 Å². The smallest absolute Gasteiger partial charge is 0.233 e. The molecule has 0 unspecified atom stereocenters. The quantitative estimate of drug-likeness (QED) is 0.705. The van der Waals surface area contributed by atoms with Gasteiger partial charge < -0.3 is 14.5 Å². The Labute approximate surface area is 160 Å². The number of anilines is 1. The Hall–Kier alpha value is -1.28. The predicted molar refractivity (Wildman–Crippen MR) is 104 cm³/mol. The first-order valence-electron chi connectivity index (χ1n) is 9.74. The number of carbonyl (C=O) groups excluding carboxylic acids is 1. The first-order valence-corrected chi connectivity index (χ1v) is 10.7. The van der Waals surface area contributed by atoms with Crippen molar-refractivity contribution in [2.75, 3.05) is 44.0 Å². The molecule has 1 aromatic rings. The third-order valence-electron chi connectivity index (χ3n) is 5.56. The number of carbonyl (C=O) groups is 1. The summed E-state index contributed by atoms with van der Waals surface area (Å²) in [5.41, 5.74) is 0. The number of amides is 1. The molecule has 7 nitrogen and oxygen atoms in total. The molecular weight excluding hydrogens is 350 g/mol. The molecule has 0 aromatic carbocycles. The first-order chi connectivity index (χ1) is 12.6. The minimum Gasteiger partial charge on any atom is -0.378 e. The van der Waals surface area contributed by atoms with Crippen LogP contribution in [0.15, 0.2) is 5.16 Å². The van der Waals surface area contributed by atoms with Crippen molar-refractivity contribution >= 4 is 23.6 Å². The van der Waals surface area contributed by atoms with E-state index in [2.05, 4.69) is 33.5 Å². The second kappa shape index (κ2) is 9.08. The van der Waals surface area contributed by atoms with Crippen LogP contribution in [0.3, 0.4) is 0 Å². The van der Waals surface area contributed by atoms with Crippen molar-refractivity contribution in [2.45, 2.75) is 57.3 Å². The van der Waals surface area contributed by atoms with Gasteiger partial charge in [0.05, 0.1) is 19.0 Å². The van der Waals surface area contributed by atoms with Crippen LogP contribution in [0.2, 0.25) is 0 Å². The Morgan fingerprint density at radius 2 is 1.92 bits per heavy atom. The molecule has 8 heteroatoms. The molecule has 2 aliphatic rings. The van der Waals surface area contributed by atoms with Crippen molar-refractivity contribution in [3.63, 3.8) is 0 Å². The molecule has 0 N–H and O–H groups in total. The highest BCUT2D eigenvalue weighted by Crippen LogP contribution is 2.28. The van der Waals surface area contributed by atoms with Gasteiger partial charge in [0.2, 0.25) is 11.9 Å². The fraction of sp³-hybridized carbons (Fsp3) is 0.833. The number of hydrogen-bond acceptors (Lipinski definition) is 6. The summed E-state index contributed by atoms with van der Waals surface area (Å²) >= 11 is 1.50. The lowest BCUT2D eigenvalue weighted by Crippen LogP contribution is -2.40. The normalized spacial score (nSPS) is 23.9. The summed E-state index contributed by atoms with van der Waals surface area (Å²) in [6.45, 7) is 8.32. The van der Waals surface area contributed by atoms with Gasteiger partial charge in [-0.15, -0.1) is 10.2 Å². The van der Waals surface area contributed by atoms with E-state index in [-0.39, 0.29) is 5.91 Å². The number of ether oxygens (including phenoxy) is 1. The Kier molecular flexibility index (Phi) is 6.80. The minimum absolute atomic E-state index is 0.188. The summed E-state index contributed by atoms with van der Waals surface area (Å²) < 4.78 is 7.52. The fourth-order valence-corrected chi connectivity index (χ4v) is 4.64. The largest absolute Gasteiger partial charge is 0.378 e. The van der Waals surface area contributed by atoms with Crippen molar-refractivity contribution in [1.82, 2.24) is 19.7 Å². The molecule has 26 heavy (non-hydrogen) atoms. The number of rotatable bonds is 6. The van der Waals surface area contributed by atoms with Crippen molar-refractivity contribution in [3.05, 3.63) is 0 Å². The van der Waals surface area contributed by atoms with Gasteiger partial charge in [-0.2, -0.15) is 0 Å². The van der Waals surface area contributed by atoms with E-state index in [1.807, 2.05) is 11.9 Å². The average Bonchev–Trinajstić information content (AvgIpc) is 3.09. The maximum absolute atomic E-state index is 12.6. The second-order valence-corrected chi connectivity index (χ2v) is 8.28. The van der Waals surface area contributed by atoms with Crippen LogP contribution in [-0.2, 0) is 16.1 Å². The Morgan fingerprint density at radius 1 is 1.23 bits per heavy atom. The number of morpholine rings is 1. The summed E-state index contributed by atoms with van der Waals surface area (Å²) in [5, 5.41) is 9.53. The molecule has 0 radical (unpaired) electrons. The summed E-state index contributed by atoms with van der Waals surface area (Å²) in [5.74, 6) is 2.29. The topological polar surface area (TPSA) is 63.5 Å². The molecule has 1 aliphatic heterocycles. The lowest BCUT2D eigenvalue weighted by molar-refractivity contribution is -0.129. The van der Waals surface area contributed by atoms with Crippen LogP contribution in [0.25, 0.3) is 0 Å². The van der Waals surface area contributed by atoms with Crippen molar-refractivity contribution in [2.24, 2.45) is 5.92 Å². The maximum atomic E-state index is 12.6. The van der Waals surface area contributed by atoms with Gasteiger partial charge in [0.25, 0.3) is 0 Å². The Balaban J connectivity index is 1.57. The van der Waals surface area contributed by atoms with Crippen molar-refractivity contribution in [1.29, 1.82) is 0 Å². The fourth-order valence-electron chi connectivity index (χ4n) is 3.72. The highest BCUT2D eigenvalue weighted by atomic mass is 32.2. The molecule has 146 valence electrons. The van der Waals surface area contributed by atoms with Crippen LogP contribution in [0, 0.1) is 5.92 Å². The highest BCUT2D eigenvalue weighted by molar-refractivity contribution is 7.99. The molecule has 1 aromatic heterocycles. The van der Waals surface area contributed by atoms with E-state index in [0.29, 0.717) is 11.8 Å². The third kappa shape index (κ3) is 4.52. The zero-order valence-corrected chi connectivity index (χ0v) is 17.0. The lowest BCUT2D eigenvalue weighted by atomic mass is 9.87. The summed E-state index contributed by atoms with van der Waals surface area (Å²) in [4.78, 5) is 16.8. The highest BCUT2D eigenvalue weighted by Gasteiger charge is 2.26. The number of aromatic nitrogens is 3. The van der Waals surface area contributed by atoms with Crippen LogP contribution in [0.5, 0.6) is 0 Å². The SMILES string of the molecule is CCn1c(SCC(=O)N(C)C2CCC(C)CC2)nnc1N1CCOCC1. The number of thioether (sulfide) groups is 1. The van der Waals surface area contributed by atoms with Crippen LogP contribution in [0.1, 0.15) is 39.5 Å². The van der Waals surface area contributed by atoms with E-state index >= 15 is 0 Å². The van der Waals surface area contributed by atoms with Gasteiger partial charge in [-0.05, 0) is 38.5 Å². The van der Waals surface area contributed by atoms with E-state index in [1.54, 1.807) is 0 Å². The monoisotopic (exact) mass is 381 g/mol. The zero-order chi connectivity index (χ0) is 18.5. The van der Waals surface area contributed by atoms with Crippen LogP contribution in [0.4, 0.5) is 5.95 Å². The van der Waals surface area contributed by atoms with Crippen LogP contribution >= 0.6 is 11.8 Å². The van der Waals surface area contributed by atoms with Crippen molar-refractivity contribution in [3.8, 4) is 0 Å². The van der Waals surface area contributed by atoms with Gasteiger partial charge in [0.15, 0.2) is 5.16 Å². The summed E-state index contributed by atoms with van der Waals surface area (Å²) in [7, 11) is 1.95. The predicted octanol–water partition coefficient (Wildman–Crippen LogP) is 2.26. The first kappa shape index (κ1) is 19.5. The summed E-state index contributed by atoms with van der Waals surface area (Å²) in [6, 6.07) is 0.396. The molecule has 1 saturated heterocycles. The third-order valence-corrected chi connectivity index (χ3v) is 6.51. The minimum atomic E-state index is 0.188. The molecule has 1 amide bonds. The van der Waals surface area contributed by atoms with E-state index in [0.717, 1.165) is 62.7 Å². The zero-order valence-electron chi connectivity index (χ0n) is 16.2. The van der Waals surface area contributed by atoms with E-state index in [4.69, 9.17) is 4.74 Å². The number of nitrogens with zero attached hydrogens (tertiary/aromatic N) is 5. The molecule has 2 heterocycles. The average molecular weight is 382 g/mol. The molecule has 1 saturated carbocycles. The van der Waals surface area contributed by atoms with Gasteiger partial charge in [-0.1, -0.05) is 18.7 Å². The molecule has 0 bridgehead atoms. The van der Waals surface area contributed by atoms with Crippen molar-refractivity contribution < 1.29 is 9.53 Å². The molecular formula is C18H31N5O2S. The Bertz CT molecular complexity index is 594.